The molecule has 1 N–H and O–H groups in total. The van der Waals surface area contributed by atoms with Crippen LogP contribution in [0, 0.1) is 25.7 Å². The van der Waals surface area contributed by atoms with Crippen molar-refractivity contribution < 1.29 is 24.2 Å². The van der Waals surface area contributed by atoms with Crippen LogP contribution in [0.15, 0.2) is 67.8 Å². The lowest BCUT2D eigenvalue weighted by Crippen LogP contribution is -2.55. The first-order valence-corrected chi connectivity index (χ1v) is 17.3. The molecule has 2 bridgehead atoms. The number of carbonyl (C=O) groups is 3. The van der Waals surface area contributed by atoms with E-state index in [2.05, 4.69) is 13.2 Å². The van der Waals surface area contributed by atoms with Crippen LogP contribution in [0.5, 0.6) is 5.75 Å². The van der Waals surface area contributed by atoms with Crippen LogP contribution >= 0.6 is 11.8 Å². The molecule has 9 heteroatoms. The zero-order valence-corrected chi connectivity index (χ0v) is 28.1. The summed E-state index contributed by atoms with van der Waals surface area (Å²) in [5.41, 5.74) is 3.55. The lowest BCUT2D eigenvalue weighted by atomic mass is 9.70. The van der Waals surface area contributed by atoms with Gasteiger partial charge in [-0.1, -0.05) is 24.3 Å². The molecule has 0 aromatic heterocycles. The van der Waals surface area contributed by atoms with Gasteiger partial charge in [-0.05, 0) is 94.3 Å². The minimum Gasteiger partial charge on any atom is -0.494 e. The number of fused-ring (bicyclic) bond motifs is 1. The van der Waals surface area contributed by atoms with Gasteiger partial charge in [0.2, 0.25) is 11.8 Å². The van der Waals surface area contributed by atoms with Crippen LogP contribution in [0.4, 0.5) is 11.4 Å². The van der Waals surface area contributed by atoms with Gasteiger partial charge in [-0.2, -0.15) is 0 Å². The van der Waals surface area contributed by atoms with Crippen LogP contribution in [-0.4, -0.2) is 76.6 Å². The summed E-state index contributed by atoms with van der Waals surface area (Å²) in [6.45, 7) is 15.4. The van der Waals surface area contributed by atoms with E-state index in [1.807, 2.05) is 63.2 Å². The molecule has 0 aliphatic carbocycles. The first kappa shape index (κ1) is 33.8. The summed E-state index contributed by atoms with van der Waals surface area (Å²) in [6.07, 6.45) is 6.95. The van der Waals surface area contributed by atoms with E-state index in [4.69, 9.17) is 4.74 Å². The molecule has 2 aromatic rings. The van der Waals surface area contributed by atoms with E-state index >= 15 is 0 Å². The van der Waals surface area contributed by atoms with Crippen molar-refractivity contribution in [1.29, 1.82) is 0 Å². The third-order valence-electron chi connectivity index (χ3n) is 9.65. The van der Waals surface area contributed by atoms with E-state index < -0.39 is 22.6 Å². The summed E-state index contributed by atoms with van der Waals surface area (Å²) >= 11 is 1.68. The Morgan fingerprint density at radius 2 is 1.76 bits per heavy atom. The number of aliphatic hydroxyl groups is 1. The number of hydrogen-bond acceptors (Lipinski definition) is 6. The maximum atomic E-state index is 14.9. The number of aliphatic hydroxyl groups excluding tert-OH is 1. The summed E-state index contributed by atoms with van der Waals surface area (Å²) in [7, 11) is 0. The number of rotatable bonds is 15. The average molecular weight is 646 g/mol. The molecular formula is C37H47N3O5S. The zero-order chi connectivity index (χ0) is 33.0. The highest BCUT2D eigenvalue weighted by atomic mass is 32.2. The van der Waals surface area contributed by atoms with Gasteiger partial charge in [0, 0.05) is 42.9 Å². The summed E-state index contributed by atoms with van der Waals surface area (Å²) in [5, 5.41) is 9.33. The molecule has 3 heterocycles. The second-order valence-corrected chi connectivity index (χ2v) is 14.2. The molecule has 246 valence electrons. The van der Waals surface area contributed by atoms with Crippen molar-refractivity contribution in [2.24, 2.45) is 11.8 Å². The summed E-state index contributed by atoms with van der Waals surface area (Å²) < 4.78 is 4.91. The number of likely N-dealkylation sites (tertiary alicyclic amines) is 1. The zero-order valence-electron chi connectivity index (χ0n) is 27.3. The maximum absolute atomic E-state index is 14.9. The van der Waals surface area contributed by atoms with Crippen LogP contribution in [0.3, 0.4) is 0 Å². The van der Waals surface area contributed by atoms with Crippen molar-refractivity contribution in [2.75, 3.05) is 42.6 Å². The minimum absolute atomic E-state index is 0.0585. The second kappa shape index (κ2) is 14.5. The standard InChI is InChI=1S/C37H47N3O5S/c1-6-20-38(27-14-16-28(17-15-27)45-8-3)34(42)31-30-18-19-37(46-30)32(31)35(43)40(22-10-9-11-23-41)33(37)36(44)39(21-7-2)29-24-25(4)12-13-26(29)5/h6-7,12-17,24,30-33,41H,1-2,8-11,18-23H2,3-5H3/t30-,31+,32-,33?,37?/m0/s1. The predicted molar refractivity (Wildman–Crippen MR) is 185 cm³/mol. The van der Waals surface area contributed by atoms with Crippen LogP contribution in [0.25, 0.3) is 0 Å². The summed E-state index contributed by atoms with van der Waals surface area (Å²) in [6, 6.07) is 12.8. The fourth-order valence-electron chi connectivity index (χ4n) is 7.64. The van der Waals surface area contributed by atoms with E-state index in [1.54, 1.807) is 38.6 Å². The van der Waals surface area contributed by atoms with Crippen molar-refractivity contribution in [3.8, 4) is 5.75 Å². The second-order valence-electron chi connectivity index (χ2n) is 12.6. The number of nitrogens with zero attached hydrogens (tertiary/aromatic N) is 3. The lowest BCUT2D eigenvalue weighted by Gasteiger charge is -2.38. The number of amides is 3. The Balaban J connectivity index is 1.53. The van der Waals surface area contributed by atoms with Gasteiger partial charge >= 0.3 is 0 Å². The van der Waals surface area contributed by atoms with Crippen LogP contribution in [0.1, 0.15) is 50.2 Å². The fourth-order valence-corrected chi connectivity index (χ4v) is 9.85. The number of hydrogen-bond donors (Lipinski definition) is 1. The normalized spacial score (nSPS) is 24.5. The highest BCUT2D eigenvalue weighted by Crippen LogP contribution is 2.67. The molecule has 2 aromatic carbocycles. The topological polar surface area (TPSA) is 90.4 Å². The minimum atomic E-state index is -0.704. The van der Waals surface area contributed by atoms with Gasteiger partial charge in [-0.15, -0.1) is 24.9 Å². The Morgan fingerprint density at radius 3 is 2.43 bits per heavy atom. The SMILES string of the molecule is C=CCN(C(=O)[C@@H]1[C@@H]2CCC3(S2)C(C(=O)N(CC=C)c2cc(C)ccc2C)N(CCCCCO)C(=O)[C@H]13)c1ccc(OCC)cc1. The van der Waals surface area contributed by atoms with Gasteiger partial charge < -0.3 is 24.5 Å². The number of aryl methyl sites for hydroxylation is 2. The molecule has 3 fully saturated rings. The van der Waals surface area contributed by atoms with Crippen molar-refractivity contribution in [1.82, 2.24) is 4.90 Å². The molecule has 2 unspecified atom stereocenters. The largest absolute Gasteiger partial charge is 0.494 e. The van der Waals surface area contributed by atoms with Gasteiger partial charge in [0.25, 0.3) is 5.91 Å². The molecule has 1 spiro atoms. The van der Waals surface area contributed by atoms with E-state index in [9.17, 15) is 19.5 Å². The van der Waals surface area contributed by atoms with Crippen molar-refractivity contribution in [2.45, 2.75) is 68.9 Å². The summed E-state index contributed by atoms with van der Waals surface area (Å²) in [5.74, 6) is -0.766. The van der Waals surface area contributed by atoms with Gasteiger partial charge in [0.05, 0.1) is 23.2 Å². The molecule has 5 atom stereocenters. The molecule has 3 aliphatic heterocycles. The Labute approximate surface area is 277 Å². The van der Waals surface area contributed by atoms with Crippen molar-refractivity contribution in [3.05, 3.63) is 78.9 Å². The first-order valence-electron chi connectivity index (χ1n) is 16.5. The molecular weight excluding hydrogens is 598 g/mol. The van der Waals surface area contributed by atoms with Crippen LogP contribution < -0.4 is 14.5 Å². The molecule has 3 amide bonds. The van der Waals surface area contributed by atoms with Gasteiger partial charge in [-0.3, -0.25) is 14.4 Å². The Kier molecular flexibility index (Phi) is 10.6. The number of unbranched alkanes of at least 4 members (excludes halogenated alkanes) is 2. The number of anilines is 2. The molecule has 3 aliphatic rings. The molecule has 8 nitrogen and oxygen atoms in total. The molecule has 46 heavy (non-hydrogen) atoms. The monoisotopic (exact) mass is 645 g/mol. The molecule has 0 saturated carbocycles. The van der Waals surface area contributed by atoms with E-state index in [1.165, 1.54) is 0 Å². The number of ether oxygens (including phenoxy) is 1. The summed E-state index contributed by atoms with van der Waals surface area (Å²) in [4.78, 5) is 49.3. The average Bonchev–Trinajstić information content (AvgIpc) is 3.69. The van der Waals surface area contributed by atoms with Gasteiger partial charge in [-0.25, -0.2) is 0 Å². The van der Waals surface area contributed by atoms with Gasteiger partial charge in [0.15, 0.2) is 0 Å². The quantitative estimate of drug-likeness (QED) is 0.198. The predicted octanol–water partition coefficient (Wildman–Crippen LogP) is 5.69. The van der Waals surface area contributed by atoms with E-state index in [0.29, 0.717) is 45.5 Å². The van der Waals surface area contributed by atoms with Gasteiger partial charge in [0.1, 0.15) is 11.8 Å². The van der Waals surface area contributed by atoms with E-state index in [0.717, 1.165) is 41.1 Å². The Hall–Kier alpha value is -3.56. The smallest absolute Gasteiger partial charge is 0.251 e. The lowest BCUT2D eigenvalue weighted by molar-refractivity contribution is -0.139. The highest BCUT2D eigenvalue weighted by Gasteiger charge is 2.74. The third-order valence-corrected chi connectivity index (χ3v) is 11.6. The molecule has 5 rings (SSSR count). The van der Waals surface area contributed by atoms with Crippen molar-refractivity contribution in [3.63, 3.8) is 0 Å². The number of benzene rings is 2. The number of carbonyl (C=O) groups excluding carboxylic acids is 3. The third kappa shape index (κ3) is 6.11. The van der Waals surface area contributed by atoms with Crippen molar-refractivity contribution >= 4 is 40.9 Å². The number of thioether (sulfide) groups is 1. The molecule has 3 saturated heterocycles. The van der Waals surface area contributed by atoms with E-state index in [-0.39, 0.29) is 29.6 Å². The van der Waals surface area contributed by atoms with Crippen LogP contribution in [-0.2, 0) is 14.4 Å². The maximum Gasteiger partial charge on any atom is 0.251 e. The highest BCUT2D eigenvalue weighted by molar-refractivity contribution is 8.02. The Morgan fingerprint density at radius 1 is 1.04 bits per heavy atom. The van der Waals surface area contributed by atoms with Crippen LogP contribution in [0.2, 0.25) is 0 Å². The molecule has 0 radical (unpaired) electrons. The first-order chi connectivity index (χ1) is 22.2. The fraction of sp³-hybridized carbons (Fsp3) is 0.486. The Bertz CT molecular complexity index is 1460.